The molecule has 0 saturated heterocycles. The number of nitrogens with one attached hydrogen (secondary N) is 1. The van der Waals surface area contributed by atoms with Gasteiger partial charge in [-0.05, 0) is 31.9 Å². The molecule has 0 aromatic carbocycles. The van der Waals surface area contributed by atoms with E-state index < -0.39 is 0 Å². The third-order valence-corrected chi connectivity index (χ3v) is 2.73. The number of aryl methyl sites for hydroxylation is 2. The fraction of sp³-hybridized carbons (Fsp3) is 0.273. The van der Waals surface area contributed by atoms with Crippen LogP contribution in [-0.2, 0) is 0 Å². The molecule has 1 N–H and O–H groups in total. The van der Waals surface area contributed by atoms with E-state index in [1.807, 2.05) is 20.8 Å². The molecule has 2 aromatic heterocycles. The Hall–Kier alpha value is -1.82. The Bertz CT molecular complexity index is 544. The van der Waals surface area contributed by atoms with Gasteiger partial charge in [-0.25, -0.2) is 4.98 Å². The first kappa shape index (κ1) is 8.76. The second-order valence-electron chi connectivity index (χ2n) is 3.48. The van der Waals surface area contributed by atoms with Gasteiger partial charge in [-0.3, -0.25) is 0 Å². The Balaban J connectivity index is 2.95. The van der Waals surface area contributed by atoms with Crippen molar-refractivity contribution in [1.29, 1.82) is 5.26 Å². The van der Waals surface area contributed by atoms with Crippen LogP contribution in [0.5, 0.6) is 0 Å². The molecule has 0 unspecified atom stereocenters. The Morgan fingerprint density at radius 2 is 2.00 bits per heavy atom. The normalized spacial score (nSPS) is 10.4. The molecule has 3 nitrogen and oxygen atoms in total. The van der Waals surface area contributed by atoms with E-state index in [4.69, 9.17) is 5.26 Å². The standard InChI is InChI=1S/C11H11N3/c1-6-7(2)10-11(14-8(6)3)9(4-12)5-13-10/h5,13H,1-3H3. The average molecular weight is 185 g/mol. The van der Waals surface area contributed by atoms with Crippen LogP contribution in [0, 0.1) is 32.1 Å². The van der Waals surface area contributed by atoms with Gasteiger partial charge in [0.25, 0.3) is 0 Å². The third-order valence-electron chi connectivity index (χ3n) is 2.73. The van der Waals surface area contributed by atoms with E-state index in [9.17, 15) is 0 Å². The first-order valence-corrected chi connectivity index (χ1v) is 4.50. The lowest BCUT2D eigenvalue weighted by Crippen LogP contribution is -1.92. The van der Waals surface area contributed by atoms with Gasteiger partial charge in [-0.2, -0.15) is 5.26 Å². The number of H-pyrrole nitrogens is 1. The van der Waals surface area contributed by atoms with Crippen molar-refractivity contribution in [3.63, 3.8) is 0 Å². The maximum Gasteiger partial charge on any atom is 0.106 e. The van der Waals surface area contributed by atoms with Crippen molar-refractivity contribution in [3.8, 4) is 6.07 Å². The Morgan fingerprint density at radius 3 is 2.64 bits per heavy atom. The van der Waals surface area contributed by atoms with E-state index in [1.165, 1.54) is 11.1 Å². The summed E-state index contributed by atoms with van der Waals surface area (Å²) in [4.78, 5) is 7.50. The summed E-state index contributed by atoms with van der Waals surface area (Å²) in [6.45, 7) is 6.06. The van der Waals surface area contributed by atoms with Crippen molar-refractivity contribution >= 4 is 11.0 Å². The maximum atomic E-state index is 8.87. The van der Waals surface area contributed by atoms with Crippen LogP contribution in [-0.4, -0.2) is 9.97 Å². The van der Waals surface area contributed by atoms with Gasteiger partial charge in [0.2, 0.25) is 0 Å². The Labute approximate surface area is 82.4 Å². The minimum absolute atomic E-state index is 0.617. The second-order valence-corrected chi connectivity index (χ2v) is 3.48. The van der Waals surface area contributed by atoms with Gasteiger partial charge < -0.3 is 4.98 Å². The molecule has 2 aromatic rings. The summed E-state index contributed by atoms with van der Waals surface area (Å²) in [5, 5.41) is 8.87. The fourth-order valence-corrected chi connectivity index (χ4v) is 1.61. The van der Waals surface area contributed by atoms with Crippen LogP contribution in [0.15, 0.2) is 6.20 Å². The number of hydrogen-bond donors (Lipinski definition) is 1. The largest absolute Gasteiger partial charge is 0.358 e. The van der Waals surface area contributed by atoms with Crippen LogP contribution in [0.3, 0.4) is 0 Å². The van der Waals surface area contributed by atoms with E-state index in [1.54, 1.807) is 6.20 Å². The minimum atomic E-state index is 0.617. The maximum absolute atomic E-state index is 8.87. The summed E-state index contributed by atoms with van der Waals surface area (Å²) in [6, 6.07) is 2.13. The first-order chi connectivity index (χ1) is 6.65. The average Bonchev–Trinajstić information content (AvgIpc) is 2.57. The van der Waals surface area contributed by atoms with Crippen molar-refractivity contribution in [3.05, 3.63) is 28.6 Å². The SMILES string of the molecule is Cc1nc2c(C#N)c[nH]c2c(C)c1C. The zero-order valence-electron chi connectivity index (χ0n) is 8.47. The van der Waals surface area contributed by atoms with Crippen LogP contribution in [0.1, 0.15) is 22.4 Å². The molecule has 0 radical (unpaired) electrons. The number of hydrogen-bond acceptors (Lipinski definition) is 2. The van der Waals surface area contributed by atoms with Crippen LogP contribution in [0.2, 0.25) is 0 Å². The molecule has 3 heteroatoms. The molecular weight excluding hydrogens is 174 g/mol. The number of aromatic amines is 1. The van der Waals surface area contributed by atoms with Gasteiger partial charge in [0.05, 0.1) is 11.1 Å². The lowest BCUT2D eigenvalue weighted by Gasteiger charge is -2.04. The zero-order chi connectivity index (χ0) is 10.3. The smallest absolute Gasteiger partial charge is 0.106 e. The molecule has 70 valence electrons. The van der Waals surface area contributed by atoms with Crippen molar-refractivity contribution < 1.29 is 0 Å². The van der Waals surface area contributed by atoms with E-state index >= 15 is 0 Å². The first-order valence-electron chi connectivity index (χ1n) is 4.50. The van der Waals surface area contributed by atoms with Gasteiger partial charge in [0.15, 0.2) is 0 Å². The molecule has 2 heterocycles. The number of nitrogens with zero attached hydrogens (tertiary/aromatic N) is 2. The van der Waals surface area contributed by atoms with Gasteiger partial charge in [-0.1, -0.05) is 0 Å². The van der Waals surface area contributed by atoms with Crippen LogP contribution in [0.25, 0.3) is 11.0 Å². The number of pyridine rings is 1. The highest BCUT2D eigenvalue weighted by atomic mass is 14.8. The van der Waals surface area contributed by atoms with E-state index in [2.05, 4.69) is 16.0 Å². The number of fused-ring (bicyclic) bond motifs is 1. The van der Waals surface area contributed by atoms with E-state index in [0.29, 0.717) is 5.56 Å². The number of aromatic nitrogens is 2. The molecule has 0 aliphatic rings. The van der Waals surface area contributed by atoms with Crippen LogP contribution >= 0.6 is 0 Å². The zero-order valence-corrected chi connectivity index (χ0v) is 8.47. The molecule has 0 aliphatic carbocycles. The highest BCUT2D eigenvalue weighted by molar-refractivity contribution is 5.85. The summed E-state index contributed by atoms with van der Waals surface area (Å²) in [5.41, 5.74) is 5.73. The number of rotatable bonds is 0. The summed E-state index contributed by atoms with van der Waals surface area (Å²) in [7, 11) is 0. The monoisotopic (exact) mass is 185 g/mol. The van der Waals surface area contributed by atoms with Crippen LogP contribution < -0.4 is 0 Å². The van der Waals surface area contributed by atoms with E-state index in [0.717, 1.165) is 16.7 Å². The molecule has 0 bridgehead atoms. The summed E-state index contributed by atoms with van der Waals surface area (Å²) >= 11 is 0. The molecular formula is C11H11N3. The molecule has 0 aliphatic heterocycles. The lowest BCUT2D eigenvalue weighted by molar-refractivity contribution is 1.16. The molecule has 0 atom stereocenters. The van der Waals surface area contributed by atoms with Gasteiger partial charge in [0, 0.05) is 11.9 Å². The lowest BCUT2D eigenvalue weighted by atomic mass is 10.1. The highest BCUT2D eigenvalue weighted by Crippen LogP contribution is 2.22. The predicted octanol–water partition coefficient (Wildman–Crippen LogP) is 2.36. The van der Waals surface area contributed by atoms with Crippen molar-refractivity contribution in [2.45, 2.75) is 20.8 Å². The van der Waals surface area contributed by atoms with E-state index in [-0.39, 0.29) is 0 Å². The minimum Gasteiger partial charge on any atom is -0.358 e. The van der Waals surface area contributed by atoms with Crippen molar-refractivity contribution in [2.75, 3.05) is 0 Å². The highest BCUT2D eigenvalue weighted by Gasteiger charge is 2.10. The predicted molar refractivity (Wildman–Crippen MR) is 55.0 cm³/mol. The third kappa shape index (κ3) is 1.01. The van der Waals surface area contributed by atoms with Crippen LogP contribution in [0.4, 0.5) is 0 Å². The summed E-state index contributed by atoms with van der Waals surface area (Å²) in [5.74, 6) is 0. The van der Waals surface area contributed by atoms with Gasteiger partial charge in [-0.15, -0.1) is 0 Å². The topological polar surface area (TPSA) is 52.5 Å². The van der Waals surface area contributed by atoms with Crippen molar-refractivity contribution in [2.24, 2.45) is 0 Å². The quantitative estimate of drug-likeness (QED) is 0.685. The summed E-state index contributed by atoms with van der Waals surface area (Å²) < 4.78 is 0. The number of nitriles is 1. The Kier molecular flexibility index (Phi) is 1.78. The molecule has 2 rings (SSSR count). The molecule has 14 heavy (non-hydrogen) atoms. The fourth-order valence-electron chi connectivity index (χ4n) is 1.61. The van der Waals surface area contributed by atoms with Gasteiger partial charge >= 0.3 is 0 Å². The van der Waals surface area contributed by atoms with Gasteiger partial charge in [0.1, 0.15) is 11.6 Å². The van der Waals surface area contributed by atoms with Crippen molar-refractivity contribution in [1.82, 2.24) is 9.97 Å². The summed E-state index contributed by atoms with van der Waals surface area (Å²) in [6.07, 6.45) is 1.71. The second kappa shape index (κ2) is 2.85. The molecule has 0 amide bonds. The Morgan fingerprint density at radius 1 is 1.29 bits per heavy atom. The molecule has 0 saturated carbocycles. The molecule has 0 spiro atoms. The molecule has 0 fully saturated rings.